The zero-order chi connectivity index (χ0) is 20.5. The third-order valence-electron chi connectivity index (χ3n) is 5.15. The van der Waals surface area contributed by atoms with E-state index in [4.69, 9.17) is 0 Å². The molecule has 0 atom stereocenters. The molecule has 0 aliphatic heterocycles. The van der Waals surface area contributed by atoms with Gasteiger partial charge in [-0.3, -0.25) is 10.1 Å². The topological polar surface area (TPSA) is 101 Å². The van der Waals surface area contributed by atoms with Crippen molar-refractivity contribution in [3.8, 4) is 6.07 Å². The maximum absolute atomic E-state index is 12.6. The largest absolute Gasteiger partial charge is 0.310 e. The number of fused-ring (bicyclic) bond motifs is 2. The van der Waals surface area contributed by atoms with Crippen LogP contribution in [0.1, 0.15) is 35.9 Å². The Hall–Kier alpha value is -3.73. The molecule has 0 unspecified atom stereocenters. The predicted octanol–water partition coefficient (Wildman–Crippen LogP) is 3.16. The van der Waals surface area contributed by atoms with E-state index in [2.05, 4.69) is 26.5 Å². The Morgan fingerprint density at radius 1 is 1.24 bits per heavy atom. The molecule has 1 amide bonds. The monoisotopic (exact) mass is 387 g/mol. The van der Waals surface area contributed by atoms with Gasteiger partial charge in [-0.15, -0.1) is 0 Å². The second-order valence-electron chi connectivity index (χ2n) is 6.88. The first-order chi connectivity index (χ1) is 14.0. The maximum Gasteiger partial charge on any atom is 0.227 e. The number of rotatable bonds is 5. The van der Waals surface area contributed by atoms with E-state index >= 15 is 0 Å². The molecular formula is C21H21N7O. The molecule has 3 heterocycles. The van der Waals surface area contributed by atoms with Crippen LogP contribution in [0.3, 0.4) is 0 Å². The number of anilines is 1. The minimum atomic E-state index is -0.105. The number of nitrogens with zero attached hydrogens (tertiary/aromatic N) is 6. The smallest absolute Gasteiger partial charge is 0.227 e. The molecule has 3 aromatic heterocycles. The van der Waals surface area contributed by atoms with E-state index in [1.807, 2.05) is 49.6 Å². The fourth-order valence-corrected chi connectivity index (χ4v) is 3.67. The van der Waals surface area contributed by atoms with Gasteiger partial charge in [-0.2, -0.15) is 10.4 Å². The van der Waals surface area contributed by atoms with E-state index in [1.54, 1.807) is 4.52 Å². The van der Waals surface area contributed by atoms with Crippen molar-refractivity contribution in [2.45, 2.75) is 40.2 Å². The summed E-state index contributed by atoms with van der Waals surface area (Å²) in [4.78, 5) is 21.7. The van der Waals surface area contributed by atoms with Crippen LogP contribution >= 0.6 is 0 Å². The molecule has 0 saturated heterocycles. The van der Waals surface area contributed by atoms with Gasteiger partial charge in [0.25, 0.3) is 0 Å². The van der Waals surface area contributed by atoms with Gasteiger partial charge in [-0.1, -0.05) is 12.1 Å². The maximum atomic E-state index is 12.6. The molecule has 8 heteroatoms. The van der Waals surface area contributed by atoms with Crippen molar-refractivity contribution in [3.05, 3.63) is 53.0 Å². The Bertz CT molecular complexity index is 1280. The number of imidazole rings is 1. The average molecular weight is 387 g/mol. The van der Waals surface area contributed by atoms with Crippen LogP contribution in [0, 0.1) is 25.2 Å². The summed E-state index contributed by atoms with van der Waals surface area (Å²) in [6.45, 7) is 6.57. The van der Waals surface area contributed by atoms with Gasteiger partial charge < -0.3 is 4.57 Å². The normalized spacial score (nSPS) is 11.1. The number of hydrogen-bond acceptors (Lipinski definition) is 5. The third-order valence-corrected chi connectivity index (χ3v) is 5.15. The lowest BCUT2D eigenvalue weighted by atomic mass is 10.1. The Balaban J connectivity index is 1.54. The van der Waals surface area contributed by atoms with E-state index in [0.717, 1.165) is 34.5 Å². The van der Waals surface area contributed by atoms with Crippen molar-refractivity contribution < 1.29 is 4.79 Å². The molecular weight excluding hydrogens is 366 g/mol. The van der Waals surface area contributed by atoms with Crippen LogP contribution in [0.25, 0.3) is 16.7 Å². The Morgan fingerprint density at radius 3 is 2.79 bits per heavy atom. The number of amides is 1. The molecule has 8 nitrogen and oxygen atoms in total. The van der Waals surface area contributed by atoms with Crippen LogP contribution < -0.4 is 5.32 Å². The van der Waals surface area contributed by atoms with Gasteiger partial charge in [0.05, 0.1) is 17.2 Å². The number of nitrogens with one attached hydrogen (secondary N) is 1. The van der Waals surface area contributed by atoms with E-state index in [9.17, 15) is 10.1 Å². The summed E-state index contributed by atoms with van der Waals surface area (Å²) in [6, 6.07) is 9.93. The summed E-state index contributed by atoms with van der Waals surface area (Å²) >= 11 is 0. The van der Waals surface area contributed by atoms with E-state index in [1.165, 1.54) is 6.20 Å². The predicted molar refractivity (Wildman–Crippen MR) is 110 cm³/mol. The third kappa shape index (κ3) is 3.21. The number of para-hydroxylation sites is 2. The fraction of sp³-hybridized carbons (Fsp3) is 0.286. The molecule has 0 radical (unpaired) electrons. The second-order valence-corrected chi connectivity index (χ2v) is 6.88. The van der Waals surface area contributed by atoms with Crippen molar-refractivity contribution in [1.29, 1.82) is 5.26 Å². The van der Waals surface area contributed by atoms with Gasteiger partial charge >= 0.3 is 0 Å². The molecule has 0 aliphatic rings. The highest BCUT2D eigenvalue weighted by atomic mass is 16.1. The minimum absolute atomic E-state index is 0.105. The number of carbonyl (C=O) groups is 1. The SMILES string of the molecule is CCn1c(NC(=O)CCc2c(C)nc3c(C#N)cnn3c2C)nc2ccccc21. The van der Waals surface area contributed by atoms with Gasteiger partial charge in [0.1, 0.15) is 11.6 Å². The van der Waals surface area contributed by atoms with Gasteiger partial charge in [0.15, 0.2) is 5.65 Å². The van der Waals surface area contributed by atoms with Crippen molar-refractivity contribution in [1.82, 2.24) is 24.1 Å². The van der Waals surface area contributed by atoms with E-state index in [-0.39, 0.29) is 5.91 Å². The minimum Gasteiger partial charge on any atom is -0.310 e. The molecule has 0 saturated carbocycles. The molecule has 1 N–H and O–H groups in total. The van der Waals surface area contributed by atoms with Crippen molar-refractivity contribution in [2.24, 2.45) is 0 Å². The van der Waals surface area contributed by atoms with Crippen molar-refractivity contribution in [2.75, 3.05) is 5.32 Å². The lowest BCUT2D eigenvalue weighted by Crippen LogP contribution is -2.17. The standard InChI is InChI=1S/C21H21N7O/c1-4-27-18-8-6-5-7-17(18)25-21(27)26-19(29)10-9-16-13(2)24-20-15(11-22)12-23-28(20)14(16)3/h5-8,12H,4,9-10H2,1-3H3,(H,25,26,29). The Morgan fingerprint density at radius 2 is 2.03 bits per heavy atom. The van der Waals surface area contributed by atoms with Crippen molar-refractivity contribution >= 4 is 28.5 Å². The summed E-state index contributed by atoms with van der Waals surface area (Å²) in [5.74, 6) is 0.457. The zero-order valence-corrected chi connectivity index (χ0v) is 16.6. The van der Waals surface area contributed by atoms with Gasteiger partial charge in [-0.25, -0.2) is 14.5 Å². The van der Waals surface area contributed by atoms with Gasteiger partial charge in [0, 0.05) is 24.4 Å². The molecule has 0 fully saturated rings. The van der Waals surface area contributed by atoms with Crippen LogP contribution in [-0.4, -0.2) is 30.1 Å². The molecule has 1 aromatic carbocycles. The summed E-state index contributed by atoms with van der Waals surface area (Å²) in [5, 5.41) is 16.4. The molecule has 4 rings (SSSR count). The number of hydrogen-bond donors (Lipinski definition) is 1. The molecule has 0 bridgehead atoms. The molecule has 146 valence electrons. The van der Waals surface area contributed by atoms with Crippen LogP contribution in [0.4, 0.5) is 5.95 Å². The first-order valence-corrected chi connectivity index (χ1v) is 9.52. The van der Waals surface area contributed by atoms with E-state index in [0.29, 0.717) is 30.0 Å². The number of aryl methyl sites for hydroxylation is 3. The molecule has 29 heavy (non-hydrogen) atoms. The molecule has 0 spiro atoms. The van der Waals surface area contributed by atoms with Gasteiger partial charge in [0.2, 0.25) is 11.9 Å². The second kappa shape index (κ2) is 7.36. The summed E-state index contributed by atoms with van der Waals surface area (Å²) < 4.78 is 3.65. The number of carbonyl (C=O) groups excluding carboxylic acids is 1. The first-order valence-electron chi connectivity index (χ1n) is 9.52. The first kappa shape index (κ1) is 18.6. The quantitative estimate of drug-likeness (QED) is 0.567. The number of aromatic nitrogens is 5. The van der Waals surface area contributed by atoms with Crippen LogP contribution in [0.5, 0.6) is 0 Å². The van der Waals surface area contributed by atoms with E-state index < -0.39 is 0 Å². The van der Waals surface area contributed by atoms with Crippen LogP contribution in [-0.2, 0) is 17.8 Å². The zero-order valence-electron chi connectivity index (χ0n) is 16.6. The number of benzene rings is 1. The van der Waals surface area contributed by atoms with Crippen LogP contribution in [0.2, 0.25) is 0 Å². The summed E-state index contributed by atoms with van der Waals surface area (Å²) in [6.07, 6.45) is 2.34. The summed E-state index contributed by atoms with van der Waals surface area (Å²) in [7, 11) is 0. The highest BCUT2D eigenvalue weighted by Gasteiger charge is 2.16. The van der Waals surface area contributed by atoms with Gasteiger partial charge in [-0.05, 0) is 44.9 Å². The highest BCUT2D eigenvalue weighted by molar-refractivity contribution is 5.91. The summed E-state index contributed by atoms with van der Waals surface area (Å²) in [5.41, 5.74) is 5.51. The molecule has 0 aliphatic carbocycles. The lowest BCUT2D eigenvalue weighted by Gasteiger charge is -2.11. The molecule has 4 aromatic rings. The lowest BCUT2D eigenvalue weighted by molar-refractivity contribution is -0.116. The van der Waals surface area contributed by atoms with Crippen LogP contribution in [0.15, 0.2) is 30.5 Å². The average Bonchev–Trinajstić information content (AvgIpc) is 3.27. The van der Waals surface area contributed by atoms with Crippen molar-refractivity contribution in [3.63, 3.8) is 0 Å². The Kier molecular flexibility index (Phi) is 4.72. The Labute approximate surface area is 167 Å². The fourth-order valence-electron chi connectivity index (χ4n) is 3.67. The number of nitriles is 1. The highest BCUT2D eigenvalue weighted by Crippen LogP contribution is 2.21.